The van der Waals surface area contributed by atoms with E-state index in [4.69, 9.17) is 21.0 Å². The lowest BCUT2D eigenvalue weighted by Gasteiger charge is -2.35. The van der Waals surface area contributed by atoms with Crippen LogP contribution in [0, 0.1) is 11.3 Å². The molecule has 192 valence electrons. The number of carbonyl (C=O) groups is 1. The highest BCUT2D eigenvalue weighted by Gasteiger charge is 2.17. The molecule has 0 unspecified atom stereocenters. The lowest BCUT2D eigenvalue weighted by Crippen LogP contribution is -2.46. The van der Waals surface area contributed by atoms with Crippen LogP contribution in [-0.4, -0.2) is 58.3 Å². The molecule has 1 amide bonds. The molecule has 1 aliphatic heterocycles. The molecule has 0 bridgehead atoms. The lowest BCUT2D eigenvalue weighted by atomic mass is 10.1. The van der Waals surface area contributed by atoms with Gasteiger partial charge >= 0.3 is 0 Å². The van der Waals surface area contributed by atoms with Crippen molar-refractivity contribution in [2.75, 3.05) is 42.9 Å². The zero-order chi connectivity index (χ0) is 29.1. The summed E-state index contributed by atoms with van der Waals surface area (Å²) in [6, 6.07) is 20.8. The molecule has 1 aliphatic rings. The summed E-state index contributed by atoms with van der Waals surface area (Å²) in [6.07, 6.45) is 0. The predicted octanol–water partition coefficient (Wildman–Crippen LogP) is 5.16. The largest absolute Gasteiger partial charge is 0.369 e. The summed E-state index contributed by atoms with van der Waals surface area (Å²) in [5, 5.41) is 11.8. The third-order valence-electron chi connectivity index (χ3n) is 6.63. The van der Waals surface area contributed by atoms with Gasteiger partial charge in [-0.25, -0.2) is 9.98 Å². The number of carbonyl (C=O) groups excluding carboxylic acids is 1. The first-order valence-electron chi connectivity index (χ1n) is 13.8. The van der Waals surface area contributed by atoms with E-state index in [0.29, 0.717) is 28.0 Å². The minimum absolute atomic E-state index is 0.0565. The Morgan fingerprint density at radius 1 is 1.11 bits per heavy atom. The summed E-state index contributed by atoms with van der Waals surface area (Å²) in [7, 11) is 0. The molecule has 0 radical (unpaired) electrons. The first kappa shape index (κ1) is 21.9. The number of nitrogens with zero attached hydrogens (tertiary/aromatic N) is 6. The van der Waals surface area contributed by atoms with Crippen LogP contribution in [0.25, 0.3) is 11.0 Å². The standard InChI is InChI=1S/C29H28ClN7O/c1-3-36-14-16-37(17-15-36)24-11-9-23(10-12-24)33-29(38)21-6-13-26-25(18-21)34-28(35(26)2)27(30)32-22-7-4-20(19-31)5-8-22/h4-13,18H,3,14-17H2,1-2H3,(H,33,38)/i2D3. The maximum Gasteiger partial charge on any atom is 0.255 e. The van der Waals surface area contributed by atoms with Crippen LogP contribution in [0.15, 0.2) is 71.7 Å². The number of anilines is 2. The average Bonchev–Trinajstić information content (AvgIpc) is 3.38. The highest BCUT2D eigenvalue weighted by molar-refractivity contribution is 6.69. The topological polar surface area (TPSA) is 89.5 Å². The summed E-state index contributed by atoms with van der Waals surface area (Å²) in [5.74, 6) is -0.405. The lowest BCUT2D eigenvalue weighted by molar-refractivity contribution is 0.102. The summed E-state index contributed by atoms with van der Waals surface area (Å²) < 4.78 is 25.2. The SMILES string of the molecule is [2H]C([2H])([2H])n1c(C(Cl)=Nc2ccc(C#N)cc2)nc2cc(C(=O)Nc3ccc(N4CCN(CC)CC4)cc3)ccc21. The predicted molar refractivity (Wildman–Crippen MR) is 153 cm³/mol. The van der Waals surface area contributed by atoms with Crippen molar-refractivity contribution < 1.29 is 8.91 Å². The average molecular weight is 529 g/mol. The Kier molecular flexibility index (Phi) is 6.36. The number of rotatable bonds is 6. The fourth-order valence-corrected chi connectivity index (χ4v) is 4.64. The number of fused-ring (bicyclic) bond motifs is 1. The number of hydrogen-bond acceptors (Lipinski definition) is 6. The zero-order valence-corrected chi connectivity index (χ0v) is 21.6. The van der Waals surface area contributed by atoms with E-state index in [9.17, 15) is 4.79 Å². The fourth-order valence-electron chi connectivity index (χ4n) is 4.41. The molecular weight excluding hydrogens is 498 g/mol. The number of halogens is 1. The highest BCUT2D eigenvalue weighted by Crippen LogP contribution is 2.23. The summed E-state index contributed by atoms with van der Waals surface area (Å²) in [5.41, 5.74) is 3.56. The monoisotopic (exact) mass is 528 g/mol. The summed E-state index contributed by atoms with van der Waals surface area (Å²) in [6.45, 7) is 4.62. The van der Waals surface area contributed by atoms with Crippen LogP contribution in [-0.2, 0) is 6.98 Å². The number of piperazine rings is 1. The molecule has 0 aliphatic carbocycles. The number of nitriles is 1. The molecule has 1 fully saturated rings. The summed E-state index contributed by atoms with van der Waals surface area (Å²) in [4.78, 5) is 26.6. The molecule has 1 aromatic heterocycles. The normalized spacial score (nSPS) is 16.0. The molecule has 0 spiro atoms. The van der Waals surface area contributed by atoms with E-state index in [1.165, 1.54) is 12.1 Å². The third-order valence-corrected chi connectivity index (χ3v) is 6.89. The van der Waals surface area contributed by atoms with Crippen LogP contribution in [0.3, 0.4) is 0 Å². The minimum Gasteiger partial charge on any atom is -0.369 e. The van der Waals surface area contributed by atoms with Gasteiger partial charge in [-0.05, 0) is 73.3 Å². The van der Waals surface area contributed by atoms with E-state index in [-0.39, 0.29) is 22.4 Å². The number of aliphatic imine (C=N–C) groups is 1. The molecule has 5 rings (SSSR count). The molecule has 1 saturated heterocycles. The van der Waals surface area contributed by atoms with Gasteiger partial charge in [0.25, 0.3) is 5.91 Å². The van der Waals surface area contributed by atoms with E-state index >= 15 is 0 Å². The molecule has 2 heterocycles. The Balaban J connectivity index is 1.37. The maximum atomic E-state index is 13.1. The number of aryl methyl sites for hydroxylation is 1. The van der Waals surface area contributed by atoms with Crippen LogP contribution in [0.1, 0.15) is 32.8 Å². The van der Waals surface area contributed by atoms with Crippen LogP contribution in [0.5, 0.6) is 0 Å². The van der Waals surface area contributed by atoms with E-state index in [0.717, 1.165) is 43.0 Å². The number of aromatic nitrogens is 2. The second-order valence-corrected chi connectivity index (χ2v) is 9.32. The number of hydrogen-bond donors (Lipinski definition) is 1. The Bertz CT molecular complexity index is 1630. The van der Waals surface area contributed by atoms with Crippen LogP contribution in [0.4, 0.5) is 17.1 Å². The van der Waals surface area contributed by atoms with Crippen LogP contribution in [0.2, 0.25) is 0 Å². The number of benzene rings is 3. The van der Waals surface area contributed by atoms with Gasteiger partial charge in [0.2, 0.25) is 0 Å². The molecule has 0 saturated carbocycles. The van der Waals surface area contributed by atoms with E-state index in [2.05, 4.69) is 32.0 Å². The van der Waals surface area contributed by atoms with Gasteiger partial charge in [0.1, 0.15) is 0 Å². The number of nitrogens with one attached hydrogen (secondary N) is 1. The van der Waals surface area contributed by atoms with Crippen molar-refractivity contribution in [1.82, 2.24) is 14.5 Å². The van der Waals surface area contributed by atoms with Gasteiger partial charge in [-0.2, -0.15) is 5.26 Å². The maximum absolute atomic E-state index is 13.1. The molecule has 9 heteroatoms. The van der Waals surface area contributed by atoms with Gasteiger partial charge in [-0.1, -0.05) is 18.5 Å². The zero-order valence-electron chi connectivity index (χ0n) is 23.9. The second kappa shape index (κ2) is 11.1. The highest BCUT2D eigenvalue weighted by atomic mass is 35.5. The van der Waals surface area contributed by atoms with Gasteiger partial charge in [0.05, 0.1) is 28.4 Å². The third kappa shape index (κ3) is 5.40. The Morgan fingerprint density at radius 3 is 2.50 bits per heavy atom. The quantitative estimate of drug-likeness (QED) is 0.349. The molecule has 0 atom stereocenters. The van der Waals surface area contributed by atoms with Gasteiger partial charge in [-0.15, -0.1) is 0 Å². The van der Waals surface area contributed by atoms with Gasteiger partial charge in [0, 0.05) is 54.2 Å². The number of amides is 1. The van der Waals surface area contributed by atoms with Gasteiger partial charge in [0.15, 0.2) is 11.0 Å². The van der Waals surface area contributed by atoms with Crippen molar-refractivity contribution in [3.8, 4) is 6.07 Å². The van der Waals surface area contributed by atoms with Crippen LogP contribution >= 0.6 is 11.6 Å². The number of likely N-dealkylation sites (N-methyl/N-ethyl adjacent to an activating group) is 1. The Labute approximate surface area is 231 Å². The minimum atomic E-state index is -2.60. The first-order chi connectivity index (χ1) is 19.7. The second-order valence-electron chi connectivity index (χ2n) is 8.96. The first-order valence-corrected chi connectivity index (χ1v) is 12.7. The number of imidazole rings is 1. The van der Waals surface area contributed by atoms with Crippen molar-refractivity contribution >= 4 is 50.8 Å². The molecule has 8 nitrogen and oxygen atoms in total. The molecular formula is C29H28ClN7O. The van der Waals surface area contributed by atoms with Crippen molar-refractivity contribution in [3.05, 3.63) is 83.7 Å². The molecule has 4 aromatic rings. The van der Waals surface area contributed by atoms with E-state index in [1.54, 1.807) is 30.3 Å². The smallest absolute Gasteiger partial charge is 0.255 e. The van der Waals surface area contributed by atoms with Crippen molar-refractivity contribution in [2.24, 2.45) is 12.0 Å². The Morgan fingerprint density at radius 2 is 1.84 bits per heavy atom. The molecule has 3 aromatic carbocycles. The van der Waals surface area contributed by atoms with E-state index in [1.807, 2.05) is 30.3 Å². The fraction of sp³-hybridized carbons (Fsp3) is 0.241. The Hall–Kier alpha value is -4.19. The van der Waals surface area contributed by atoms with E-state index < -0.39 is 6.98 Å². The van der Waals surface area contributed by atoms with Crippen LogP contribution < -0.4 is 10.2 Å². The van der Waals surface area contributed by atoms with Gasteiger partial charge < -0.3 is 19.7 Å². The van der Waals surface area contributed by atoms with Crippen molar-refractivity contribution in [3.63, 3.8) is 0 Å². The summed E-state index contributed by atoms with van der Waals surface area (Å²) >= 11 is 6.46. The molecule has 1 N–H and O–H groups in total. The van der Waals surface area contributed by atoms with Crippen molar-refractivity contribution in [1.29, 1.82) is 5.26 Å². The van der Waals surface area contributed by atoms with Gasteiger partial charge in [-0.3, -0.25) is 4.79 Å². The van der Waals surface area contributed by atoms with Crippen molar-refractivity contribution in [2.45, 2.75) is 6.92 Å². The molecule has 38 heavy (non-hydrogen) atoms.